The predicted molar refractivity (Wildman–Crippen MR) is 121 cm³/mol. The normalized spacial score (nSPS) is 17.1. The van der Waals surface area contributed by atoms with Gasteiger partial charge in [-0.1, -0.05) is 24.2 Å². The van der Waals surface area contributed by atoms with Crippen molar-refractivity contribution >= 4 is 23.3 Å². The smallest absolute Gasteiger partial charge is 0.168 e. The van der Waals surface area contributed by atoms with E-state index in [1.54, 1.807) is 30.3 Å². The monoisotopic (exact) mass is 443 g/mol. The highest BCUT2D eigenvalue weighted by atomic mass is 32.2. The Hall–Kier alpha value is -2.80. The molecule has 2 aromatic rings. The number of halogens is 1. The van der Waals surface area contributed by atoms with Crippen LogP contribution >= 0.6 is 11.8 Å². The highest BCUT2D eigenvalue weighted by Gasteiger charge is 2.31. The third kappa shape index (κ3) is 5.47. The standard InChI is InChI=1S/C24H26FNO4S/c1-4-20(26-29-5-2)24-21(27)12-16(13-22(24)28)15-7-6-8-17(11-15)30-23-10-9-18(31-3)14-19(23)25/h6-11,14,16,27H,4-5,12-13H2,1-3H3/b26-20-. The predicted octanol–water partition coefficient (Wildman–Crippen LogP) is 6.40. The van der Waals surface area contributed by atoms with Gasteiger partial charge in [-0.05, 0) is 61.4 Å². The minimum atomic E-state index is -0.434. The van der Waals surface area contributed by atoms with Crippen molar-refractivity contribution in [1.82, 2.24) is 0 Å². The summed E-state index contributed by atoms with van der Waals surface area (Å²) < 4.78 is 20.0. The third-order valence-electron chi connectivity index (χ3n) is 5.06. The van der Waals surface area contributed by atoms with Crippen molar-refractivity contribution in [3.63, 3.8) is 0 Å². The Morgan fingerprint density at radius 2 is 2.03 bits per heavy atom. The van der Waals surface area contributed by atoms with Gasteiger partial charge in [0.1, 0.15) is 18.1 Å². The van der Waals surface area contributed by atoms with E-state index in [1.165, 1.54) is 17.8 Å². The topological polar surface area (TPSA) is 68.1 Å². The lowest BCUT2D eigenvalue weighted by Gasteiger charge is -2.24. The molecule has 3 rings (SSSR count). The first-order valence-corrected chi connectivity index (χ1v) is 11.4. The first-order chi connectivity index (χ1) is 15.0. The summed E-state index contributed by atoms with van der Waals surface area (Å²) in [4.78, 5) is 18.7. The van der Waals surface area contributed by atoms with E-state index < -0.39 is 5.82 Å². The lowest BCUT2D eigenvalue weighted by atomic mass is 9.81. The number of nitrogens with zero attached hydrogens (tertiary/aromatic N) is 1. The van der Waals surface area contributed by atoms with E-state index in [4.69, 9.17) is 9.57 Å². The van der Waals surface area contributed by atoms with Gasteiger partial charge >= 0.3 is 0 Å². The third-order valence-corrected chi connectivity index (χ3v) is 5.79. The van der Waals surface area contributed by atoms with Crippen LogP contribution in [0.5, 0.6) is 11.5 Å². The number of Topliss-reactive ketones (excluding diaryl/α,β-unsaturated/α-hetero) is 1. The zero-order chi connectivity index (χ0) is 22.4. The molecule has 0 saturated carbocycles. The molecule has 1 atom stereocenters. The van der Waals surface area contributed by atoms with E-state index >= 15 is 0 Å². The number of thioether (sulfide) groups is 1. The molecule has 1 aliphatic rings. The van der Waals surface area contributed by atoms with Gasteiger partial charge in [-0.2, -0.15) is 0 Å². The van der Waals surface area contributed by atoms with Gasteiger partial charge in [0.05, 0.1) is 11.3 Å². The molecule has 2 aromatic carbocycles. The summed E-state index contributed by atoms with van der Waals surface area (Å²) in [5, 5.41) is 14.6. The molecule has 0 amide bonds. The van der Waals surface area contributed by atoms with Crippen molar-refractivity contribution < 1.29 is 23.9 Å². The second-order valence-electron chi connectivity index (χ2n) is 7.13. The molecular formula is C24H26FNO4S. The lowest BCUT2D eigenvalue weighted by Crippen LogP contribution is -2.23. The number of rotatable bonds is 8. The number of carbonyl (C=O) groups excluding carboxylic acids is 1. The summed E-state index contributed by atoms with van der Waals surface area (Å²) in [6, 6.07) is 12.0. The molecule has 1 aliphatic carbocycles. The van der Waals surface area contributed by atoms with Crippen molar-refractivity contribution in [1.29, 1.82) is 0 Å². The van der Waals surface area contributed by atoms with E-state index in [1.807, 2.05) is 26.2 Å². The average Bonchev–Trinajstić information content (AvgIpc) is 2.77. The van der Waals surface area contributed by atoms with Gasteiger partial charge in [-0.3, -0.25) is 4.79 Å². The SMILES string of the molecule is CCO/N=C(/CC)C1=C(O)CC(c2cccc(Oc3ccc(SC)cc3F)c2)CC1=O. The number of ether oxygens (including phenoxy) is 1. The molecule has 1 unspecified atom stereocenters. The van der Waals surface area contributed by atoms with Crippen LogP contribution in [0.4, 0.5) is 4.39 Å². The van der Waals surface area contributed by atoms with Crippen molar-refractivity contribution in [3.8, 4) is 11.5 Å². The summed E-state index contributed by atoms with van der Waals surface area (Å²) in [5.74, 6) is -0.169. The molecule has 31 heavy (non-hydrogen) atoms. The fourth-order valence-corrected chi connectivity index (χ4v) is 3.96. The van der Waals surface area contributed by atoms with Crippen LogP contribution in [0.3, 0.4) is 0 Å². The second kappa shape index (κ2) is 10.5. The molecule has 5 nitrogen and oxygen atoms in total. The van der Waals surface area contributed by atoms with Crippen molar-refractivity contribution in [2.75, 3.05) is 12.9 Å². The Bertz CT molecular complexity index is 1020. The van der Waals surface area contributed by atoms with Crippen LogP contribution in [-0.2, 0) is 9.63 Å². The molecule has 164 valence electrons. The quantitative estimate of drug-likeness (QED) is 0.290. The maximum absolute atomic E-state index is 14.3. The van der Waals surface area contributed by atoms with Crippen LogP contribution in [0, 0.1) is 5.82 Å². The van der Waals surface area contributed by atoms with Crippen LogP contribution in [0.1, 0.15) is 44.6 Å². The molecule has 0 radical (unpaired) electrons. The van der Waals surface area contributed by atoms with Crippen LogP contribution in [-0.4, -0.2) is 29.5 Å². The molecule has 0 aliphatic heterocycles. The molecule has 0 saturated heterocycles. The number of ketones is 1. The summed E-state index contributed by atoms with van der Waals surface area (Å²) in [7, 11) is 0. The van der Waals surface area contributed by atoms with Crippen molar-refractivity contribution in [2.45, 2.75) is 43.9 Å². The highest BCUT2D eigenvalue weighted by molar-refractivity contribution is 7.98. The molecule has 0 bridgehead atoms. The van der Waals surface area contributed by atoms with Gasteiger partial charge in [-0.25, -0.2) is 4.39 Å². The fraction of sp³-hybridized carbons (Fsp3) is 0.333. The van der Waals surface area contributed by atoms with Gasteiger partial charge in [-0.15, -0.1) is 11.8 Å². The Labute approximate surface area is 185 Å². The summed E-state index contributed by atoms with van der Waals surface area (Å²) in [6.07, 6.45) is 2.92. The molecular weight excluding hydrogens is 417 g/mol. The fourth-order valence-electron chi connectivity index (χ4n) is 3.54. The van der Waals surface area contributed by atoms with Crippen LogP contribution < -0.4 is 4.74 Å². The number of aliphatic hydroxyl groups is 1. The van der Waals surface area contributed by atoms with E-state index in [0.29, 0.717) is 30.9 Å². The molecule has 0 spiro atoms. The minimum Gasteiger partial charge on any atom is -0.511 e. The van der Waals surface area contributed by atoms with Crippen LogP contribution in [0.15, 0.2) is 63.8 Å². The molecule has 0 aromatic heterocycles. The van der Waals surface area contributed by atoms with E-state index in [0.717, 1.165) is 10.5 Å². The number of carbonyl (C=O) groups is 1. The first-order valence-electron chi connectivity index (χ1n) is 10.2. The van der Waals surface area contributed by atoms with Gasteiger partial charge in [0.15, 0.2) is 17.3 Å². The van der Waals surface area contributed by atoms with Crippen LogP contribution in [0.2, 0.25) is 0 Å². The number of benzene rings is 2. The molecule has 0 fully saturated rings. The van der Waals surface area contributed by atoms with Crippen molar-refractivity contribution in [2.24, 2.45) is 5.16 Å². The Morgan fingerprint density at radius 1 is 1.23 bits per heavy atom. The molecule has 0 heterocycles. The zero-order valence-electron chi connectivity index (χ0n) is 17.9. The van der Waals surface area contributed by atoms with E-state index in [-0.39, 0.29) is 35.2 Å². The maximum atomic E-state index is 14.3. The Morgan fingerprint density at radius 3 is 2.68 bits per heavy atom. The lowest BCUT2D eigenvalue weighted by molar-refractivity contribution is -0.116. The number of allylic oxidation sites excluding steroid dienone is 2. The summed E-state index contributed by atoms with van der Waals surface area (Å²) >= 11 is 1.46. The summed E-state index contributed by atoms with van der Waals surface area (Å²) in [5.41, 5.74) is 1.57. The van der Waals surface area contributed by atoms with Gasteiger partial charge < -0.3 is 14.7 Å². The molecule has 1 N–H and O–H groups in total. The minimum absolute atomic E-state index is 0.0200. The Kier molecular flexibility index (Phi) is 7.74. The maximum Gasteiger partial charge on any atom is 0.168 e. The number of aliphatic hydroxyl groups excluding tert-OH is 1. The number of oxime groups is 1. The van der Waals surface area contributed by atoms with Gasteiger partial charge in [0, 0.05) is 17.7 Å². The largest absolute Gasteiger partial charge is 0.511 e. The molecule has 7 heteroatoms. The van der Waals surface area contributed by atoms with Gasteiger partial charge in [0.2, 0.25) is 0 Å². The Balaban J connectivity index is 1.81. The number of hydrogen-bond acceptors (Lipinski definition) is 6. The van der Waals surface area contributed by atoms with Crippen LogP contribution in [0.25, 0.3) is 0 Å². The van der Waals surface area contributed by atoms with E-state index in [2.05, 4.69) is 5.16 Å². The number of hydrogen-bond donors (Lipinski definition) is 1. The first kappa shape index (κ1) is 22.9. The highest BCUT2D eigenvalue weighted by Crippen LogP contribution is 2.36. The van der Waals surface area contributed by atoms with Crippen molar-refractivity contribution in [3.05, 3.63) is 65.2 Å². The van der Waals surface area contributed by atoms with E-state index in [9.17, 15) is 14.3 Å². The van der Waals surface area contributed by atoms with Gasteiger partial charge in [0.25, 0.3) is 0 Å². The average molecular weight is 444 g/mol. The zero-order valence-corrected chi connectivity index (χ0v) is 18.7. The second-order valence-corrected chi connectivity index (χ2v) is 8.01. The summed E-state index contributed by atoms with van der Waals surface area (Å²) in [6.45, 7) is 4.06.